The zero-order valence-corrected chi connectivity index (χ0v) is 5.05. The van der Waals surface area contributed by atoms with Gasteiger partial charge in [0.1, 0.15) is 6.10 Å². The molecule has 0 amide bonds. The first kappa shape index (κ1) is 5.57. The number of hydrogen-bond acceptors (Lipinski definition) is 1. The van der Waals surface area contributed by atoms with Crippen molar-refractivity contribution in [1.29, 1.82) is 0 Å². The second kappa shape index (κ2) is 2.14. The van der Waals surface area contributed by atoms with Crippen molar-refractivity contribution in [1.82, 2.24) is 0 Å². The minimum Gasteiger partial charge on any atom is -0.368 e. The van der Waals surface area contributed by atoms with E-state index in [1.807, 2.05) is 19.1 Å². The average molecular weight is 110 g/mol. The average Bonchev–Trinajstić information content (AvgIpc) is 2.45. The minimum atomic E-state index is 0.339. The lowest BCUT2D eigenvalue weighted by molar-refractivity contribution is 0.435. The van der Waals surface area contributed by atoms with Gasteiger partial charge in [-0.05, 0) is 12.5 Å². The fourth-order valence-electron chi connectivity index (χ4n) is 0.584. The maximum absolute atomic E-state index is 4.97. The van der Waals surface area contributed by atoms with Crippen molar-refractivity contribution < 1.29 is 4.74 Å². The Labute approximate surface area is 49.7 Å². The Hall–Kier alpha value is -0.560. The van der Waals surface area contributed by atoms with Crippen LogP contribution in [0.1, 0.15) is 6.92 Å². The molecule has 1 heterocycles. The van der Waals surface area contributed by atoms with E-state index in [0.29, 0.717) is 6.10 Å². The lowest BCUT2D eigenvalue weighted by Crippen LogP contribution is -1.83. The number of rotatable bonds is 2. The Balaban J connectivity index is 2.33. The molecule has 1 rings (SSSR count). The van der Waals surface area contributed by atoms with E-state index in [9.17, 15) is 0 Å². The van der Waals surface area contributed by atoms with Crippen LogP contribution in [0, 0.1) is 0 Å². The fraction of sp³-hybridized carbons (Fsp3) is 0.429. The normalized spacial score (nSPS) is 26.4. The van der Waals surface area contributed by atoms with E-state index in [4.69, 9.17) is 4.74 Å². The molecule has 1 fully saturated rings. The predicted molar refractivity (Wildman–Crippen MR) is 33.7 cm³/mol. The summed E-state index contributed by atoms with van der Waals surface area (Å²) >= 11 is 0. The SMILES string of the molecule is C=C(/C=C\C)C1CO1. The van der Waals surface area contributed by atoms with Crippen molar-refractivity contribution in [3.8, 4) is 0 Å². The van der Waals surface area contributed by atoms with Gasteiger partial charge in [-0.2, -0.15) is 0 Å². The lowest BCUT2D eigenvalue weighted by Gasteiger charge is -1.86. The molecule has 0 saturated carbocycles. The van der Waals surface area contributed by atoms with Gasteiger partial charge in [-0.1, -0.05) is 18.7 Å². The third-order valence-corrected chi connectivity index (χ3v) is 1.13. The molecule has 0 aromatic carbocycles. The summed E-state index contributed by atoms with van der Waals surface area (Å²) in [4.78, 5) is 0. The Morgan fingerprint density at radius 1 is 1.88 bits per heavy atom. The highest BCUT2D eigenvalue weighted by Gasteiger charge is 2.23. The molecule has 0 aromatic heterocycles. The van der Waals surface area contributed by atoms with E-state index in [1.54, 1.807) is 0 Å². The summed E-state index contributed by atoms with van der Waals surface area (Å²) in [6.45, 7) is 6.64. The zero-order valence-electron chi connectivity index (χ0n) is 5.05. The molecule has 1 aliphatic heterocycles. The van der Waals surface area contributed by atoms with Crippen LogP contribution >= 0.6 is 0 Å². The van der Waals surface area contributed by atoms with E-state index in [1.165, 1.54) is 0 Å². The maximum Gasteiger partial charge on any atom is 0.105 e. The van der Waals surface area contributed by atoms with Gasteiger partial charge in [0.25, 0.3) is 0 Å². The van der Waals surface area contributed by atoms with E-state index in [0.717, 1.165) is 12.2 Å². The summed E-state index contributed by atoms with van der Waals surface area (Å²) in [6.07, 6.45) is 4.30. The van der Waals surface area contributed by atoms with Crippen LogP contribution in [0.4, 0.5) is 0 Å². The minimum absolute atomic E-state index is 0.339. The third kappa shape index (κ3) is 1.20. The van der Waals surface area contributed by atoms with Crippen LogP contribution in [-0.2, 0) is 4.74 Å². The molecule has 0 aromatic rings. The molecule has 1 atom stereocenters. The Morgan fingerprint density at radius 3 is 2.88 bits per heavy atom. The van der Waals surface area contributed by atoms with Crippen LogP contribution < -0.4 is 0 Å². The molecular formula is C7H10O. The first-order valence-electron chi connectivity index (χ1n) is 2.77. The maximum atomic E-state index is 4.97. The Bertz CT molecular complexity index is 120. The summed E-state index contributed by atoms with van der Waals surface area (Å²) in [7, 11) is 0. The van der Waals surface area contributed by atoms with Gasteiger partial charge >= 0.3 is 0 Å². The van der Waals surface area contributed by atoms with Crippen LogP contribution in [0.15, 0.2) is 24.3 Å². The zero-order chi connectivity index (χ0) is 5.98. The molecule has 0 radical (unpaired) electrons. The van der Waals surface area contributed by atoms with E-state index < -0.39 is 0 Å². The van der Waals surface area contributed by atoms with Gasteiger partial charge in [-0.25, -0.2) is 0 Å². The molecule has 1 saturated heterocycles. The van der Waals surface area contributed by atoms with Gasteiger partial charge in [0.15, 0.2) is 0 Å². The molecule has 0 aliphatic carbocycles. The smallest absolute Gasteiger partial charge is 0.105 e. The molecule has 1 aliphatic rings. The lowest BCUT2D eigenvalue weighted by atomic mass is 10.2. The van der Waals surface area contributed by atoms with Gasteiger partial charge in [0, 0.05) is 0 Å². The number of epoxide rings is 1. The van der Waals surface area contributed by atoms with Gasteiger partial charge in [-0.15, -0.1) is 0 Å². The number of hydrogen-bond donors (Lipinski definition) is 0. The molecular weight excluding hydrogens is 100 g/mol. The van der Waals surface area contributed by atoms with Crippen molar-refractivity contribution in [3.63, 3.8) is 0 Å². The molecule has 44 valence electrons. The fourth-order valence-corrected chi connectivity index (χ4v) is 0.584. The largest absolute Gasteiger partial charge is 0.368 e. The first-order chi connectivity index (χ1) is 3.84. The van der Waals surface area contributed by atoms with Crippen molar-refractivity contribution in [2.24, 2.45) is 0 Å². The summed E-state index contributed by atoms with van der Waals surface area (Å²) in [5.41, 5.74) is 1.09. The van der Waals surface area contributed by atoms with E-state index in [2.05, 4.69) is 6.58 Å². The highest BCUT2D eigenvalue weighted by Crippen LogP contribution is 2.18. The first-order valence-corrected chi connectivity index (χ1v) is 2.77. The molecule has 1 heteroatoms. The Kier molecular flexibility index (Phi) is 1.49. The van der Waals surface area contributed by atoms with Crippen LogP contribution in [-0.4, -0.2) is 12.7 Å². The molecule has 8 heavy (non-hydrogen) atoms. The summed E-state index contributed by atoms with van der Waals surface area (Å²) < 4.78 is 4.97. The van der Waals surface area contributed by atoms with Crippen molar-refractivity contribution in [3.05, 3.63) is 24.3 Å². The standard InChI is InChI=1S/C7H10O/c1-3-4-6(2)7-5-8-7/h3-4,7H,2,5H2,1H3/b4-3-. The molecule has 1 nitrogen and oxygen atoms in total. The van der Waals surface area contributed by atoms with Crippen molar-refractivity contribution in [2.75, 3.05) is 6.61 Å². The topological polar surface area (TPSA) is 12.5 Å². The van der Waals surface area contributed by atoms with Crippen molar-refractivity contribution in [2.45, 2.75) is 13.0 Å². The molecule has 1 unspecified atom stereocenters. The Morgan fingerprint density at radius 2 is 2.50 bits per heavy atom. The van der Waals surface area contributed by atoms with Crippen LogP contribution in [0.3, 0.4) is 0 Å². The molecule has 0 spiro atoms. The predicted octanol–water partition coefficient (Wildman–Crippen LogP) is 1.52. The van der Waals surface area contributed by atoms with Gasteiger partial charge < -0.3 is 4.74 Å². The van der Waals surface area contributed by atoms with E-state index in [-0.39, 0.29) is 0 Å². The summed E-state index contributed by atoms with van der Waals surface area (Å²) in [6, 6.07) is 0. The van der Waals surface area contributed by atoms with Gasteiger partial charge in [-0.3, -0.25) is 0 Å². The number of ether oxygens (including phenoxy) is 1. The second-order valence-corrected chi connectivity index (χ2v) is 1.90. The third-order valence-electron chi connectivity index (χ3n) is 1.13. The van der Waals surface area contributed by atoms with Crippen molar-refractivity contribution >= 4 is 0 Å². The monoisotopic (exact) mass is 110 g/mol. The van der Waals surface area contributed by atoms with Gasteiger partial charge in [0.2, 0.25) is 0 Å². The molecule has 0 bridgehead atoms. The van der Waals surface area contributed by atoms with E-state index >= 15 is 0 Å². The highest BCUT2D eigenvalue weighted by atomic mass is 16.6. The summed E-state index contributed by atoms with van der Waals surface area (Å²) in [5.74, 6) is 0. The highest BCUT2D eigenvalue weighted by molar-refractivity contribution is 5.21. The number of allylic oxidation sites excluding steroid dienone is 1. The quantitative estimate of drug-likeness (QED) is 0.388. The van der Waals surface area contributed by atoms with Crippen LogP contribution in [0.2, 0.25) is 0 Å². The van der Waals surface area contributed by atoms with Crippen LogP contribution in [0.5, 0.6) is 0 Å². The van der Waals surface area contributed by atoms with Crippen LogP contribution in [0.25, 0.3) is 0 Å². The van der Waals surface area contributed by atoms with Gasteiger partial charge in [0.05, 0.1) is 6.61 Å². The molecule has 0 N–H and O–H groups in total. The second-order valence-electron chi connectivity index (χ2n) is 1.90. The summed E-state index contributed by atoms with van der Waals surface area (Å²) in [5, 5.41) is 0.